The maximum absolute atomic E-state index is 12.4. The molecule has 1 aliphatic carbocycles. The first kappa shape index (κ1) is 19.7. The van der Waals surface area contributed by atoms with Gasteiger partial charge in [-0.3, -0.25) is 4.79 Å². The van der Waals surface area contributed by atoms with Gasteiger partial charge < -0.3 is 15.0 Å². The molecule has 0 bridgehead atoms. The van der Waals surface area contributed by atoms with Crippen molar-refractivity contribution in [3.8, 4) is 6.07 Å². The minimum absolute atomic E-state index is 0.0158. The first-order valence-corrected chi connectivity index (χ1v) is 10.7. The number of thiophene rings is 1. The number of amides is 2. The van der Waals surface area contributed by atoms with Crippen LogP contribution < -0.4 is 5.32 Å². The molecule has 0 aromatic carbocycles. The number of carbonyl (C=O) groups excluding carboxylic acids is 2. The fourth-order valence-corrected chi connectivity index (χ4v) is 5.21. The molecule has 1 saturated carbocycles. The van der Waals surface area contributed by atoms with E-state index in [0.717, 1.165) is 16.9 Å². The van der Waals surface area contributed by atoms with E-state index < -0.39 is 0 Å². The Hall–Kier alpha value is -2.07. The van der Waals surface area contributed by atoms with Crippen molar-refractivity contribution >= 4 is 28.3 Å². The zero-order chi connectivity index (χ0) is 19.2. The van der Waals surface area contributed by atoms with E-state index in [1.54, 1.807) is 11.8 Å². The standard InChI is InChI=1S/C20H27N3O3S/c1-2-26-20(25)23-11-10-15-16(12-21)19(27-17(15)13-23)22-18(24)9-8-14-6-4-3-5-7-14/h14H,2-11,13H2,1H3,(H,22,24). The maximum atomic E-state index is 12.4. The maximum Gasteiger partial charge on any atom is 0.410 e. The highest BCUT2D eigenvalue weighted by atomic mass is 32.1. The van der Waals surface area contributed by atoms with E-state index in [1.165, 1.54) is 43.4 Å². The predicted molar refractivity (Wildman–Crippen MR) is 105 cm³/mol. The van der Waals surface area contributed by atoms with Crippen molar-refractivity contribution in [1.82, 2.24) is 4.90 Å². The number of fused-ring (bicyclic) bond motifs is 1. The third-order valence-electron chi connectivity index (χ3n) is 5.45. The van der Waals surface area contributed by atoms with Crippen LogP contribution in [0.25, 0.3) is 0 Å². The predicted octanol–water partition coefficient (Wildman–Crippen LogP) is 4.43. The Morgan fingerprint density at radius 3 is 2.81 bits per heavy atom. The lowest BCUT2D eigenvalue weighted by Gasteiger charge is -2.25. The average molecular weight is 390 g/mol. The van der Waals surface area contributed by atoms with Gasteiger partial charge in [-0.2, -0.15) is 5.26 Å². The number of anilines is 1. The molecule has 3 rings (SSSR count). The lowest BCUT2D eigenvalue weighted by Crippen LogP contribution is -2.35. The van der Waals surface area contributed by atoms with E-state index in [9.17, 15) is 14.9 Å². The Bertz CT molecular complexity index is 732. The second kappa shape index (κ2) is 9.23. The Morgan fingerprint density at radius 2 is 2.11 bits per heavy atom. The molecule has 6 nitrogen and oxygen atoms in total. The third kappa shape index (κ3) is 4.81. The summed E-state index contributed by atoms with van der Waals surface area (Å²) in [4.78, 5) is 27.0. The lowest BCUT2D eigenvalue weighted by atomic mass is 9.86. The quantitative estimate of drug-likeness (QED) is 0.807. The van der Waals surface area contributed by atoms with Gasteiger partial charge in [0.1, 0.15) is 11.1 Å². The summed E-state index contributed by atoms with van der Waals surface area (Å²) in [6, 6.07) is 2.24. The largest absolute Gasteiger partial charge is 0.450 e. The zero-order valence-electron chi connectivity index (χ0n) is 15.9. The Morgan fingerprint density at radius 1 is 1.33 bits per heavy atom. The minimum Gasteiger partial charge on any atom is -0.450 e. The SMILES string of the molecule is CCOC(=O)N1CCc2c(sc(NC(=O)CCC3CCCCC3)c2C#N)C1. The van der Waals surface area contributed by atoms with Gasteiger partial charge in [-0.25, -0.2) is 4.79 Å². The van der Waals surface area contributed by atoms with Crippen molar-refractivity contribution in [2.75, 3.05) is 18.5 Å². The summed E-state index contributed by atoms with van der Waals surface area (Å²) < 4.78 is 5.07. The molecule has 1 N–H and O–H groups in total. The summed E-state index contributed by atoms with van der Waals surface area (Å²) >= 11 is 1.41. The van der Waals surface area contributed by atoms with Gasteiger partial charge in [-0.1, -0.05) is 32.1 Å². The minimum atomic E-state index is -0.326. The second-order valence-electron chi connectivity index (χ2n) is 7.28. The first-order chi connectivity index (χ1) is 13.1. The molecule has 27 heavy (non-hydrogen) atoms. The van der Waals surface area contributed by atoms with Crippen LogP contribution in [0.4, 0.5) is 9.80 Å². The van der Waals surface area contributed by atoms with E-state index in [0.29, 0.717) is 49.0 Å². The first-order valence-electron chi connectivity index (χ1n) is 9.88. The summed E-state index contributed by atoms with van der Waals surface area (Å²) in [5, 5.41) is 13.1. The second-order valence-corrected chi connectivity index (χ2v) is 8.39. The van der Waals surface area contributed by atoms with Crippen LogP contribution >= 0.6 is 11.3 Å². The average Bonchev–Trinajstić information content (AvgIpc) is 3.03. The third-order valence-corrected chi connectivity index (χ3v) is 6.58. The summed E-state index contributed by atoms with van der Waals surface area (Å²) in [5.41, 5.74) is 1.52. The van der Waals surface area contributed by atoms with Crippen LogP contribution in [0.2, 0.25) is 0 Å². The highest BCUT2D eigenvalue weighted by Gasteiger charge is 2.28. The fourth-order valence-electron chi connectivity index (χ4n) is 3.98. The van der Waals surface area contributed by atoms with Gasteiger partial charge >= 0.3 is 6.09 Å². The van der Waals surface area contributed by atoms with Gasteiger partial charge in [0.15, 0.2) is 0 Å². The van der Waals surface area contributed by atoms with Crippen LogP contribution in [0.1, 0.15) is 67.9 Å². The summed E-state index contributed by atoms with van der Waals surface area (Å²) in [6.07, 6.45) is 8.06. The molecule has 1 aromatic rings. The van der Waals surface area contributed by atoms with Crippen LogP contribution in [0.5, 0.6) is 0 Å². The highest BCUT2D eigenvalue weighted by Crippen LogP contribution is 2.37. The number of rotatable bonds is 5. The van der Waals surface area contributed by atoms with E-state index in [4.69, 9.17) is 4.74 Å². The highest BCUT2D eigenvalue weighted by molar-refractivity contribution is 7.16. The fraction of sp³-hybridized carbons (Fsp3) is 0.650. The molecule has 1 aliphatic heterocycles. The molecular formula is C20H27N3O3S. The molecule has 7 heteroatoms. The zero-order valence-corrected chi connectivity index (χ0v) is 16.7. The van der Waals surface area contributed by atoms with Crippen LogP contribution in [-0.2, 0) is 22.5 Å². The van der Waals surface area contributed by atoms with Gasteiger partial charge in [0.05, 0.1) is 18.7 Å². The van der Waals surface area contributed by atoms with E-state index in [-0.39, 0.29) is 12.0 Å². The van der Waals surface area contributed by atoms with Crippen LogP contribution in [-0.4, -0.2) is 30.1 Å². The molecule has 0 saturated heterocycles. The van der Waals surface area contributed by atoms with Crippen LogP contribution in [0, 0.1) is 17.2 Å². The molecule has 2 aliphatic rings. The van der Waals surface area contributed by atoms with Crippen molar-refractivity contribution in [3.05, 3.63) is 16.0 Å². The van der Waals surface area contributed by atoms with Crippen molar-refractivity contribution in [1.29, 1.82) is 5.26 Å². The number of nitrogens with zero attached hydrogens (tertiary/aromatic N) is 2. The van der Waals surface area contributed by atoms with Gasteiger partial charge in [-0.05, 0) is 31.2 Å². The van der Waals surface area contributed by atoms with Crippen molar-refractivity contribution in [2.24, 2.45) is 5.92 Å². The van der Waals surface area contributed by atoms with Crippen molar-refractivity contribution < 1.29 is 14.3 Å². The topological polar surface area (TPSA) is 82.4 Å². The molecule has 2 heterocycles. The van der Waals surface area contributed by atoms with Gasteiger partial charge in [-0.15, -0.1) is 11.3 Å². The molecule has 0 unspecified atom stereocenters. The molecule has 0 radical (unpaired) electrons. The van der Waals surface area contributed by atoms with Crippen molar-refractivity contribution in [3.63, 3.8) is 0 Å². The molecule has 2 amide bonds. The lowest BCUT2D eigenvalue weighted by molar-refractivity contribution is -0.116. The number of hydrogen-bond acceptors (Lipinski definition) is 5. The Balaban J connectivity index is 1.62. The number of carbonyl (C=O) groups is 2. The number of ether oxygens (including phenoxy) is 1. The normalized spacial score (nSPS) is 17.1. The molecule has 0 spiro atoms. The number of hydrogen-bond donors (Lipinski definition) is 1. The van der Waals surface area contributed by atoms with Gasteiger partial charge in [0.25, 0.3) is 0 Å². The summed E-state index contributed by atoms with van der Waals surface area (Å²) in [5.74, 6) is 0.646. The van der Waals surface area contributed by atoms with E-state index in [2.05, 4.69) is 11.4 Å². The molecule has 1 fully saturated rings. The Labute approximate surface area is 164 Å². The molecular weight excluding hydrogens is 362 g/mol. The smallest absolute Gasteiger partial charge is 0.410 e. The van der Waals surface area contributed by atoms with E-state index in [1.807, 2.05) is 0 Å². The molecule has 0 atom stereocenters. The summed E-state index contributed by atoms with van der Waals surface area (Å²) in [7, 11) is 0. The van der Waals surface area contributed by atoms with Gasteiger partial charge in [0.2, 0.25) is 5.91 Å². The van der Waals surface area contributed by atoms with Crippen LogP contribution in [0.3, 0.4) is 0 Å². The Kier molecular flexibility index (Phi) is 6.73. The number of nitriles is 1. The van der Waals surface area contributed by atoms with E-state index >= 15 is 0 Å². The van der Waals surface area contributed by atoms with Crippen molar-refractivity contribution in [2.45, 2.75) is 64.8 Å². The molecule has 146 valence electrons. The molecule has 1 aromatic heterocycles. The monoisotopic (exact) mass is 389 g/mol. The van der Waals surface area contributed by atoms with Crippen LogP contribution in [0.15, 0.2) is 0 Å². The number of nitrogens with one attached hydrogen (secondary N) is 1. The summed E-state index contributed by atoms with van der Waals surface area (Å²) in [6.45, 7) is 3.10. The van der Waals surface area contributed by atoms with Gasteiger partial charge in [0, 0.05) is 17.8 Å².